The lowest BCUT2D eigenvalue weighted by molar-refractivity contribution is -0.948. The standard InChI is InChI=1S/C24H33N3O3/c1-5-12-25-24(28)26-17(2)23-20-15-22(30-4)21(29-3)14-19(20)11-13-27(23)16-18-9-7-6-8-10-18/h6-10,14-15,17,23H,5,11-13,16H2,1-4H3,(H2,25,26,28)/p+1/t17-,23-/m1/s1. The average molecular weight is 413 g/mol. The second kappa shape index (κ2) is 10.3. The van der Waals surface area contributed by atoms with Crippen LogP contribution in [0.2, 0.25) is 0 Å². The van der Waals surface area contributed by atoms with Crippen LogP contribution in [-0.2, 0) is 13.0 Å². The molecule has 0 saturated carbocycles. The van der Waals surface area contributed by atoms with Gasteiger partial charge in [-0.15, -0.1) is 0 Å². The molecule has 3 atom stereocenters. The maximum Gasteiger partial charge on any atom is 0.315 e. The van der Waals surface area contributed by atoms with Gasteiger partial charge in [0.05, 0.1) is 26.8 Å². The van der Waals surface area contributed by atoms with E-state index in [1.54, 1.807) is 14.2 Å². The van der Waals surface area contributed by atoms with Crippen LogP contribution in [0, 0.1) is 0 Å². The maximum absolute atomic E-state index is 12.4. The van der Waals surface area contributed by atoms with E-state index in [-0.39, 0.29) is 18.1 Å². The Morgan fingerprint density at radius 3 is 2.53 bits per heavy atom. The number of benzene rings is 2. The Kier molecular flexibility index (Phi) is 7.57. The molecule has 162 valence electrons. The van der Waals surface area contributed by atoms with Gasteiger partial charge in [0.25, 0.3) is 0 Å². The quantitative estimate of drug-likeness (QED) is 0.624. The molecule has 6 heteroatoms. The van der Waals surface area contributed by atoms with Gasteiger partial charge in [0, 0.05) is 24.1 Å². The SMILES string of the molecule is CCCNC(=O)N[C@H](C)[C@@H]1c2cc(OC)c(OC)cc2CC[NH+]1Cc1ccccc1. The van der Waals surface area contributed by atoms with Gasteiger partial charge in [-0.3, -0.25) is 0 Å². The summed E-state index contributed by atoms with van der Waals surface area (Å²) < 4.78 is 11.1. The van der Waals surface area contributed by atoms with Crippen LogP contribution < -0.4 is 25.0 Å². The topological polar surface area (TPSA) is 64.0 Å². The van der Waals surface area contributed by atoms with Crippen molar-refractivity contribution in [1.29, 1.82) is 0 Å². The molecule has 0 fully saturated rings. The summed E-state index contributed by atoms with van der Waals surface area (Å²) in [6.07, 6.45) is 1.87. The second-order valence-electron chi connectivity index (χ2n) is 7.89. The Morgan fingerprint density at radius 2 is 1.87 bits per heavy atom. The number of hydrogen-bond acceptors (Lipinski definition) is 3. The average Bonchev–Trinajstić information content (AvgIpc) is 2.77. The third-order valence-electron chi connectivity index (χ3n) is 5.80. The van der Waals surface area contributed by atoms with E-state index in [0.29, 0.717) is 6.54 Å². The van der Waals surface area contributed by atoms with E-state index in [2.05, 4.69) is 54.0 Å². The van der Waals surface area contributed by atoms with E-state index in [9.17, 15) is 4.79 Å². The molecule has 0 radical (unpaired) electrons. The van der Waals surface area contributed by atoms with Gasteiger partial charge in [-0.05, 0) is 31.0 Å². The Bertz CT molecular complexity index is 841. The maximum atomic E-state index is 12.4. The van der Waals surface area contributed by atoms with Crippen molar-refractivity contribution in [3.8, 4) is 11.5 Å². The smallest absolute Gasteiger partial charge is 0.315 e. The fourth-order valence-electron chi connectivity index (χ4n) is 4.37. The zero-order valence-electron chi connectivity index (χ0n) is 18.5. The summed E-state index contributed by atoms with van der Waals surface area (Å²) in [4.78, 5) is 13.8. The Hall–Kier alpha value is -2.73. The first kappa shape index (κ1) is 22.0. The number of fused-ring (bicyclic) bond motifs is 1. The molecule has 0 bridgehead atoms. The van der Waals surface area contributed by atoms with Gasteiger partial charge in [-0.1, -0.05) is 37.3 Å². The van der Waals surface area contributed by atoms with Crippen LogP contribution in [0.1, 0.15) is 43.0 Å². The van der Waals surface area contributed by atoms with Gasteiger partial charge in [0.2, 0.25) is 0 Å². The van der Waals surface area contributed by atoms with Crippen LogP contribution in [0.5, 0.6) is 11.5 Å². The van der Waals surface area contributed by atoms with Crippen LogP contribution in [0.15, 0.2) is 42.5 Å². The Morgan fingerprint density at radius 1 is 1.17 bits per heavy atom. The normalized spacial score (nSPS) is 18.8. The number of carbonyl (C=O) groups is 1. The third kappa shape index (κ3) is 5.05. The molecule has 3 N–H and O–H groups in total. The highest BCUT2D eigenvalue weighted by Crippen LogP contribution is 2.35. The first-order chi connectivity index (χ1) is 14.6. The summed E-state index contributed by atoms with van der Waals surface area (Å²) in [5.41, 5.74) is 3.77. The third-order valence-corrected chi connectivity index (χ3v) is 5.80. The van der Waals surface area contributed by atoms with Crippen molar-refractivity contribution in [2.45, 2.75) is 45.3 Å². The molecule has 2 aromatic rings. The van der Waals surface area contributed by atoms with E-state index in [0.717, 1.165) is 37.4 Å². The molecule has 30 heavy (non-hydrogen) atoms. The van der Waals surface area contributed by atoms with Gasteiger partial charge in [-0.2, -0.15) is 0 Å². The number of methoxy groups -OCH3 is 2. The zero-order chi connectivity index (χ0) is 21.5. The number of hydrogen-bond donors (Lipinski definition) is 3. The fourth-order valence-corrected chi connectivity index (χ4v) is 4.37. The zero-order valence-corrected chi connectivity index (χ0v) is 18.5. The lowest BCUT2D eigenvalue weighted by Crippen LogP contribution is -3.13. The summed E-state index contributed by atoms with van der Waals surface area (Å²) in [6, 6.07) is 14.7. The van der Waals surface area contributed by atoms with Crippen molar-refractivity contribution < 1.29 is 19.2 Å². The van der Waals surface area contributed by atoms with E-state index in [1.165, 1.54) is 21.6 Å². The van der Waals surface area contributed by atoms with Crippen LogP contribution in [0.25, 0.3) is 0 Å². The minimum Gasteiger partial charge on any atom is -0.493 e. The number of nitrogens with one attached hydrogen (secondary N) is 3. The molecular weight excluding hydrogens is 378 g/mol. The monoisotopic (exact) mass is 412 g/mol. The number of ether oxygens (including phenoxy) is 2. The van der Waals surface area contributed by atoms with E-state index < -0.39 is 0 Å². The minimum absolute atomic E-state index is 0.0438. The lowest BCUT2D eigenvalue weighted by Gasteiger charge is -2.38. The van der Waals surface area contributed by atoms with Crippen molar-refractivity contribution in [2.24, 2.45) is 0 Å². The van der Waals surface area contributed by atoms with Gasteiger partial charge in [0.1, 0.15) is 12.6 Å². The first-order valence-electron chi connectivity index (χ1n) is 10.7. The molecule has 0 spiro atoms. The van der Waals surface area contributed by atoms with Gasteiger partial charge >= 0.3 is 6.03 Å². The van der Waals surface area contributed by atoms with Crippen molar-refractivity contribution in [2.75, 3.05) is 27.3 Å². The van der Waals surface area contributed by atoms with E-state index in [4.69, 9.17) is 9.47 Å². The molecular formula is C24H34N3O3+. The minimum atomic E-state index is -0.115. The van der Waals surface area contributed by atoms with Gasteiger partial charge < -0.3 is 25.0 Å². The van der Waals surface area contributed by atoms with Crippen LogP contribution in [0.3, 0.4) is 0 Å². The highest BCUT2D eigenvalue weighted by Gasteiger charge is 2.37. The largest absolute Gasteiger partial charge is 0.493 e. The molecule has 0 saturated heterocycles. The van der Waals surface area contributed by atoms with Crippen LogP contribution in [0.4, 0.5) is 4.79 Å². The number of quaternary nitrogens is 1. The molecule has 6 nitrogen and oxygen atoms in total. The summed E-state index contributed by atoms with van der Waals surface area (Å²) in [5.74, 6) is 1.48. The predicted octanol–water partition coefficient (Wildman–Crippen LogP) is 2.48. The fraction of sp³-hybridized carbons (Fsp3) is 0.458. The lowest BCUT2D eigenvalue weighted by atomic mass is 9.87. The Balaban J connectivity index is 1.93. The predicted molar refractivity (Wildman–Crippen MR) is 118 cm³/mol. The summed E-state index contributed by atoms with van der Waals surface area (Å²) >= 11 is 0. The van der Waals surface area contributed by atoms with Gasteiger partial charge in [-0.25, -0.2) is 4.79 Å². The van der Waals surface area contributed by atoms with E-state index in [1.807, 2.05) is 13.0 Å². The number of carbonyl (C=O) groups excluding carboxylic acids is 1. The molecule has 3 rings (SSSR count). The summed E-state index contributed by atoms with van der Waals surface area (Å²) in [5, 5.41) is 6.09. The molecule has 1 heterocycles. The second-order valence-corrected chi connectivity index (χ2v) is 7.89. The van der Waals surface area contributed by atoms with Crippen LogP contribution >= 0.6 is 0 Å². The molecule has 2 aromatic carbocycles. The molecule has 1 aliphatic rings. The summed E-state index contributed by atoms with van der Waals surface area (Å²) in [6.45, 7) is 6.71. The number of urea groups is 1. The molecule has 2 amide bonds. The molecule has 0 aliphatic carbocycles. The first-order valence-corrected chi connectivity index (χ1v) is 10.7. The van der Waals surface area contributed by atoms with Crippen molar-refractivity contribution in [1.82, 2.24) is 10.6 Å². The van der Waals surface area contributed by atoms with Gasteiger partial charge in [0.15, 0.2) is 11.5 Å². The van der Waals surface area contributed by atoms with Crippen molar-refractivity contribution in [3.05, 3.63) is 59.2 Å². The molecule has 1 unspecified atom stereocenters. The molecule has 1 aliphatic heterocycles. The molecule has 0 aromatic heterocycles. The highest BCUT2D eigenvalue weighted by atomic mass is 16.5. The Labute approximate surface area is 179 Å². The number of amides is 2. The van der Waals surface area contributed by atoms with Crippen molar-refractivity contribution in [3.63, 3.8) is 0 Å². The van der Waals surface area contributed by atoms with E-state index >= 15 is 0 Å². The highest BCUT2D eigenvalue weighted by molar-refractivity contribution is 5.74. The number of rotatable bonds is 8. The summed E-state index contributed by atoms with van der Waals surface area (Å²) in [7, 11) is 3.33. The van der Waals surface area contributed by atoms with Crippen LogP contribution in [-0.4, -0.2) is 39.4 Å². The van der Waals surface area contributed by atoms with Crippen molar-refractivity contribution >= 4 is 6.03 Å².